The van der Waals surface area contributed by atoms with Crippen LogP contribution in [0, 0.1) is 6.92 Å². The fourth-order valence-electron chi connectivity index (χ4n) is 2.41. The molecule has 0 saturated heterocycles. The Morgan fingerprint density at radius 2 is 1.95 bits per heavy atom. The maximum atomic E-state index is 6.26. The number of para-hydroxylation sites is 1. The van der Waals surface area contributed by atoms with E-state index in [0.29, 0.717) is 6.42 Å². The van der Waals surface area contributed by atoms with Crippen LogP contribution in [-0.2, 0) is 6.42 Å². The molecule has 20 heavy (non-hydrogen) atoms. The van der Waals surface area contributed by atoms with E-state index >= 15 is 0 Å². The molecule has 1 atom stereocenters. The number of aryl methyl sites for hydroxylation is 1. The molecule has 0 fully saturated rings. The topological polar surface area (TPSA) is 39.2 Å². The molecule has 2 nitrogen and oxygen atoms in total. The van der Waals surface area contributed by atoms with Crippen LogP contribution in [0.3, 0.4) is 0 Å². The second kappa shape index (κ2) is 5.31. The summed E-state index contributed by atoms with van der Waals surface area (Å²) in [6, 6.07) is 15.7. The number of hydrogen-bond acceptors (Lipinski definition) is 2. The lowest BCUT2D eigenvalue weighted by atomic mass is 10.0. The summed E-state index contributed by atoms with van der Waals surface area (Å²) >= 11 is 6.17. The van der Waals surface area contributed by atoms with Crippen molar-refractivity contribution < 1.29 is 4.42 Å². The Bertz CT molecular complexity index is 748. The minimum atomic E-state index is -0.193. The van der Waals surface area contributed by atoms with E-state index in [-0.39, 0.29) is 6.04 Å². The molecular formula is C17H16ClNO. The number of nitrogens with two attached hydrogens (primary N) is 1. The zero-order valence-corrected chi connectivity index (χ0v) is 12.0. The Labute approximate surface area is 123 Å². The quantitative estimate of drug-likeness (QED) is 0.761. The van der Waals surface area contributed by atoms with Gasteiger partial charge in [0.05, 0.1) is 6.04 Å². The largest absolute Gasteiger partial charge is 0.459 e. The van der Waals surface area contributed by atoms with Crippen molar-refractivity contribution in [2.45, 2.75) is 19.4 Å². The van der Waals surface area contributed by atoms with Crippen molar-refractivity contribution in [1.82, 2.24) is 0 Å². The number of rotatable bonds is 3. The highest BCUT2D eigenvalue weighted by Crippen LogP contribution is 2.28. The van der Waals surface area contributed by atoms with Gasteiger partial charge in [-0.3, -0.25) is 0 Å². The molecule has 0 saturated carbocycles. The van der Waals surface area contributed by atoms with Gasteiger partial charge in [0.2, 0.25) is 0 Å². The van der Waals surface area contributed by atoms with Crippen LogP contribution in [0.25, 0.3) is 11.0 Å². The van der Waals surface area contributed by atoms with Crippen LogP contribution < -0.4 is 5.73 Å². The highest BCUT2D eigenvalue weighted by molar-refractivity contribution is 6.31. The lowest BCUT2D eigenvalue weighted by Gasteiger charge is -2.09. The van der Waals surface area contributed by atoms with Gasteiger partial charge in [0, 0.05) is 10.4 Å². The number of fused-ring (bicyclic) bond motifs is 1. The first-order valence-corrected chi connectivity index (χ1v) is 7.01. The van der Waals surface area contributed by atoms with E-state index in [2.05, 4.69) is 0 Å². The molecule has 0 aliphatic carbocycles. The third kappa shape index (κ3) is 2.45. The fourth-order valence-corrected chi connectivity index (χ4v) is 2.63. The Hall–Kier alpha value is -1.77. The van der Waals surface area contributed by atoms with Crippen LogP contribution in [0.4, 0.5) is 0 Å². The van der Waals surface area contributed by atoms with E-state index in [0.717, 1.165) is 32.9 Å². The standard InChI is InChI=1S/C17H16ClNO/c1-11-5-4-7-13-10-16(20-17(11)13)15(19)9-12-6-2-3-8-14(12)18/h2-8,10,15H,9,19H2,1H3. The molecule has 3 rings (SSSR count). The van der Waals surface area contributed by atoms with Crippen molar-refractivity contribution in [1.29, 1.82) is 0 Å². The van der Waals surface area contributed by atoms with Crippen molar-refractivity contribution >= 4 is 22.6 Å². The first-order valence-electron chi connectivity index (χ1n) is 6.63. The third-order valence-electron chi connectivity index (χ3n) is 3.52. The minimum absolute atomic E-state index is 0.193. The van der Waals surface area contributed by atoms with Crippen molar-refractivity contribution in [2.75, 3.05) is 0 Å². The normalized spacial score (nSPS) is 12.8. The van der Waals surface area contributed by atoms with Crippen LogP contribution in [0.15, 0.2) is 52.9 Å². The zero-order chi connectivity index (χ0) is 14.1. The summed E-state index contributed by atoms with van der Waals surface area (Å²) in [6.07, 6.45) is 0.665. The lowest BCUT2D eigenvalue weighted by Crippen LogP contribution is -2.12. The third-order valence-corrected chi connectivity index (χ3v) is 3.89. The SMILES string of the molecule is Cc1cccc2cc(C(N)Cc3ccccc3Cl)oc12. The zero-order valence-electron chi connectivity index (χ0n) is 11.3. The molecule has 102 valence electrons. The van der Waals surface area contributed by atoms with Gasteiger partial charge < -0.3 is 10.2 Å². The van der Waals surface area contributed by atoms with E-state index < -0.39 is 0 Å². The van der Waals surface area contributed by atoms with Gasteiger partial charge in [-0.15, -0.1) is 0 Å². The summed E-state index contributed by atoms with van der Waals surface area (Å²) in [6.45, 7) is 2.04. The molecule has 0 aliphatic rings. The molecule has 1 unspecified atom stereocenters. The van der Waals surface area contributed by atoms with Crippen LogP contribution in [0.5, 0.6) is 0 Å². The van der Waals surface area contributed by atoms with Gasteiger partial charge in [0.25, 0.3) is 0 Å². The Kier molecular flexibility index (Phi) is 3.51. The van der Waals surface area contributed by atoms with E-state index in [1.54, 1.807) is 0 Å². The molecule has 0 radical (unpaired) electrons. The van der Waals surface area contributed by atoms with Gasteiger partial charge in [-0.05, 0) is 36.6 Å². The van der Waals surface area contributed by atoms with Crippen LogP contribution in [-0.4, -0.2) is 0 Å². The molecule has 1 aromatic heterocycles. The second-order valence-electron chi connectivity index (χ2n) is 5.04. The summed E-state index contributed by atoms with van der Waals surface area (Å²) in [5, 5.41) is 1.84. The van der Waals surface area contributed by atoms with E-state index in [9.17, 15) is 0 Å². The minimum Gasteiger partial charge on any atom is -0.459 e. The van der Waals surface area contributed by atoms with Gasteiger partial charge >= 0.3 is 0 Å². The Balaban J connectivity index is 1.91. The summed E-state index contributed by atoms with van der Waals surface area (Å²) < 4.78 is 5.90. The molecular weight excluding hydrogens is 270 g/mol. The van der Waals surface area contributed by atoms with Crippen LogP contribution in [0.1, 0.15) is 22.9 Å². The lowest BCUT2D eigenvalue weighted by molar-refractivity contribution is 0.493. The van der Waals surface area contributed by atoms with Crippen LogP contribution >= 0.6 is 11.6 Å². The smallest absolute Gasteiger partial charge is 0.137 e. The van der Waals surface area contributed by atoms with E-state index in [4.69, 9.17) is 21.8 Å². The fraction of sp³-hybridized carbons (Fsp3) is 0.176. The molecule has 0 bridgehead atoms. The Morgan fingerprint density at radius 1 is 1.15 bits per heavy atom. The number of furan rings is 1. The van der Waals surface area contributed by atoms with Crippen molar-refractivity contribution in [3.8, 4) is 0 Å². The average Bonchev–Trinajstić information content (AvgIpc) is 2.87. The highest BCUT2D eigenvalue weighted by Gasteiger charge is 2.14. The molecule has 0 amide bonds. The van der Waals surface area contributed by atoms with Crippen molar-refractivity contribution in [3.63, 3.8) is 0 Å². The number of hydrogen-bond donors (Lipinski definition) is 1. The molecule has 2 N–H and O–H groups in total. The first kappa shape index (κ1) is 13.2. The van der Waals surface area contributed by atoms with Gasteiger partial charge in [-0.1, -0.05) is 48.0 Å². The van der Waals surface area contributed by atoms with Crippen LogP contribution in [0.2, 0.25) is 5.02 Å². The maximum absolute atomic E-state index is 6.26. The van der Waals surface area contributed by atoms with E-state index in [1.165, 1.54) is 0 Å². The van der Waals surface area contributed by atoms with Gasteiger partial charge in [-0.25, -0.2) is 0 Å². The van der Waals surface area contributed by atoms with Crippen molar-refractivity contribution in [3.05, 3.63) is 70.4 Å². The van der Waals surface area contributed by atoms with Crippen molar-refractivity contribution in [2.24, 2.45) is 5.73 Å². The summed E-state index contributed by atoms with van der Waals surface area (Å²) in [4.78, 5) is 0. The first-order chi connectivity index (χ1) is 9.65. The number of halogens is 1. The van der Waals surface area contributed by atoms with Gasteiger partial charge in [0.15, 0.2) is 0 Å². The van der Waals surface area contributed by atoms with Gasteiger partial charge in [-0.2, -0.15) is 0 Å². The molecule has 3 heteroatoms. The Morgan fingerprint density at radius 3 is 2.70 bits per heavy atom. The summed E-state index contributed by atoms with van der Waals surface area (Å²) in [5.41, 5.74) is 9.34. The highest BCUT2D eigenvalue weighted by atomic mass is 35.5. The number of benzene rings is 2. The van der Waals surface area contributed by atoms with Gasteiger partial charge in [0.1, 0.15) is 11.3 Å². The molecule has 3 aromatic rings. The van der Waals surface area contributed by atoms with E-state index in [1.807, 2.05) is 55.5 Å². The predicted octanol–water partition coefficient (Wildman–Crippen LogP) is 4.64. The summed E-state index contributed by atoms with van der Waals surface area (Å²) in [7, 11) is 0. The maximum Gasteiger partial charge on any atom is 0.137 e. The average molecular weight is 286 g/mol. The molecule has 0 aliphatic heterocycles. The monoisotopic (exact) mass is 285 g/mol. The molecule has 0 spiro atoms. The molecule has 2 aromatic carbocycles. The predicted molar refractivity (Wildman–Crippen MR) is 83.0 cm³/mol. The second-order valence-corrected chi connectivity index (χ2v) is 5.45. The molecule has 1 heterocycles. The summed E-state index contributed by atoms with van der Waals surface area (Å²) in [5.74, 6) is 0.800.